The minimum atomic E-state index is -1.20. The van der Waals surface area contributed by atoms with E-state index in [0.29, 0.717) is 0 Å². The highest BCUT2D eigenvalue weighted by atomic mass is 36.0. The molecule has 0 aliphatic carbocycles. The third-order valence-corrected chi connectivity index (χ3v) is 0. The molecule has 0 fully saturated rings. The summed E-state index contributed by atoms with van der Waals surface area (Å²) in [5.74, 6) is -1.20. The smallest absolute Gasteiger partial charge is 0.179 e. The first-order valence-electron chi connectivity index (χ1n) is 0.507. The maximum atomic E-state index is 4.87. The van der Waals surface area contributed by atoms with Crippen molar-refractivity contribution in [2.24, 2.45) is 0 Å². The fraction of sp³-hybridized carbons (Fsp3) is 0. The molecule has 0 saturated carbocycles. The lowest BCUT2D eigenvalue weighted by atomic mass is 30.4. The van der Waals surface area contributed by atoms with Crippen LogP contribution in [0.3, 0.4) is 0 Å². The zero-order chi connectivity index (χ0) is 3.58. The molecule has 34 valence electrons. The van der Waals surface area contributed by atoms with E-state index in [1.165, 1.54) is 0 Å². The summed E-state index contributed by atoms with van der Waals surface area (Å²) in [7, 11) is 0. The SMILES string of the molecule is ClP(Cl)Cl.S. The van der Waals surface area contributed by atoms with Gasteiger partial charge in [0.2, 0.25) is 0 Å². The average Bonchev–Trinajstić information content (AvgIpc) is 0.811. The largest absolute Gasteiger partial charge is 0.197 e. The topological polar surface area (TPSA) is 0 Å². The van der Waals surface area contributed by atoms with Crippen LogP contribution >= 0.6 is 53.2 Å². The Bertz CT molecular complexity index is 11.6. The molecule has 0 aromatic heterocycles. The van der Waals surface area contributed by atoms with E-state index in [-0.39, 0.29) is 13.5 Å². The normalized spacial score (nSPS) is 7.20. The van der Waals surface area contributed by atoms with Crippen molar-refractivity contribution >= 4 is 53.2 Å². The molecule has 0 rings (SSSR count). The van der Waals surface area contributed by atoms with Crippen molar-refractivity contribution in [2.75, 3.05) is 0 Å². The number of hydrogen-bond acceptors (Lipinski definition) is 0. The van der Waals surface area contributed by atoms with Gasteiger partial charge < -0.3 is 0 Å². The quantitative estimate of drug-likeness (QED) is 0.492. The van der Waals surface area contributed by atoms with Crippen LogP contribution in [0.5, 0.6) is 0 Å². The van der Waals surface area contributed by atoms with Gasteiger partial charge in [-0.05, 0) is 0 Å². The Morgan fingerprint density at radius 3 is 1.00 bits per heavy atom. The van der Waals surface area contributed by atoms with Gasteiger partial charge in [-0.2, -0.15) is 13.5 Å². The Morgan fingerprint density at radius 2 is 1.00 bits per heavy atom. The van der Waals surface area contributed by atoms with Gasteiger partial charge in [-0.3, -0.25) is 0 Å². The second kappa shape index (κ2) is 5.65. The third-order valence-electron chi connectivity index (χ3n) is 0. The monoisotopic (exact) mass is 170 g/mol. The molecule has 5 heteroatoms. The predicted molar refractivity (Wildman–Crippen MR) is 34.9 cm³/mol. The van der Waals surface area contributed by atoms with E-state index in [9.17, 15) is 0 Å². The van der Waals surface area contributed by atoms with E-state index >= 15 is 0 Å². The highest BCUT2D eigenvalue weighted by molar-refractivity contribution is 8.20. The van der Waals surface area contributed by atoms with E-state index < -0.39 is 5.98 Å². The number of hydrogen-bond donors (Lipinski definition) is 0. The first-order chi connectivity index (χ1) is 1.73. The van der Waals surface area contributed by atoms with E-state index in [2.05, 4.69) is 0 Å². The summed E-state index contributed by atoms with van der Waals surface area (Å²) in [6.07, 6.45) is 0. The van der Waals surface area contributed by atoms with Crippen LogP contribution in [0, 0.1) is 0 Å². The van der Waals surface area contributed by atoms with Crippen LogP contribution in [0.25, 0.3) is 0 Å². The maximum Gasteiger partial charge on any atom is 0.179 e. The summed E-state index contributed by atoms with van der Waals surface area (Å²) in [6, 6.07) is 0. The predicted octanol–water partition coefficient (Wildman–Crippen LogP) is 3.04. The Balaban J connectivity index is 0. The van der Waals surface area contributed by atoms with Gasteiger partial charge in [0.1, 0.15) is 0 Å². The highest BCUT2D eigenvalue weighted by Crippen LogP contribution is 2.51. The zero-order valence-corrected chi connectivity index (χ0v) is 6.24. The van der Waals surface area contributed by atoms with E-state index in [1.807, 2.05) is 0 Å². The molecule has 0 saturated heterocycles. The molecule has 0 atom stereocenters. The van der Waals surface area contributed by atoms with Crippen molar-refractivity contribution in [1.29, 1.82) is 0 Å². The Morgan fingerprint density at radius 1 is 1.00 bits per heavy atom. The van der Waals surface area contributed by atoms with Gasteiger partial charge in [-0.15, -0.1) is 0 Å². The van der Waals surface area contributed by atoms with Crippen molar-refractivity contribution < 1.29 is 0 Å². The molecule has 0 unspecified atom stereocenters. The fourth-order valence-corrected chi connectivity index (χ4v) is 0. The van der Waals surface area contributed by atoms with Gasteiger partial charge in [0.15, 0.2) is 5.98 Å². The molecule has 0 radical (unpaired) electrons. The molecular weight excluding hydrogens is 169 g/mol. The van der Waals surface area contributed by atoms with Gasteiger partial charge in [0, 0.05) is 0 Å². The van der Waals surface area contributed by atoms with Gasteiger partial charge in [-0.1, -0.05) is 33.7 Å². The molecule has 0 nitrogen and oxygen atoms in total. The fourth-order valence-electron chi connectivity index (χ4n) is 0. The molecule has 0 aliphatic heterocycles. The maximum absolute atomic E-state index is 4.87. The first-order valence-corrected chi connectivity index (χ1v) is 4.56. The van der Waals surface area contributed by atoms with Crippen molar-refractivity contribution in [1.82, 2.24) is 0 Å². The molecule has 0 aliphatic rings. The molecule has 0 heterocycles. The minimum absolute atomic E-state index is 0. The van der Waals surface area contributed by atoms with Crippen LogP contribution in [-0.4, -0.2) is 0 Å². The summed E-state index contributed by atoms with van der Waals surface area (Å²) in [6.45, 7) is 0. The molecule has 5 heavy (non-hydrogen) atoms. The van der Waals surface area contributed by atoms with Crippen LogP contribution in [0.4, 0.5) is 0 Å². The third kappa shape index (κ3) is 27.6. The molecule has 0 amide bonds. The lowest BCUT2D eigenvalue weighted by Gasteiger charge is -1.68. The van der Waals surface area contributed by atoms with Crippen LogP contribution in [0.2, 0.25) is 0 Å². The molecule has 0 N–H and O–H groups in total. The van der Waals surface area contributed by atoms with Gasteiger partial charge >= 0.3 is 0 Å². The lowest BCUT2D eigenvalue weighted by Crippen LogP contribution is -0.958. The van der Waals surface area contributed by atoms with Crippen molar-refractivity contribution in [2.45, 2.75) is 0 Å². The molecule has 0 aromatic rings. The molecule has 0 aromatic carbocycles. The Labute approximate surface area is 53.4 Å². The number of halogens is 3. The summed E-state index contributed by atoms with van der Waals surface area (Å²) >= 11 is 14.6. The second-order valence-electron chi connectivity index (χ2n) is 0.192. The minimum Gasteiger partial charge on any atom is -0.197 e. The van der Waals surface area contributed by atoms with Crippen LogP contribution in [-0.2, 0) is 0 Å². The average molecular weight is 171 g/mol. The lowest BCUT2D eigenvalue weighted by molar-refractivity contribution is 4.58. The van der Waals surface area contributed by atoms with Gasteiger partial charge in [-0.25, -0.2) is 0 Å². The summed E-state index contributed by atoms with van der Waals surface area (Å²) in [5.41, 5.74) is 0. The highest BCUT2D eigenvalue weighted by Gasteiger charge is 1.80. The molecule has 0 bridgehead atoms. The Hall–Kier alpha value is 1.65. The zero-order valence-electron chi connectivity index (χ0n) is 2.08. The molecule has 0 spiro atoms. The summed E-state index contributed by atoms with van der Waals surface area (Å²) in [4.78, 5) is 0. The van der Waals surface area contributed by atoms with Crippen molar-refractivity contribution in [3.63, 3.8) is 0 Å². The first kappa shape index (κ1) is 9.82. The Kier molecular flexibility index (Phi) is 11.1. The number of rotatable bonds is 0. The van der Waals surface area contributed by atoms with Crippen molar-refractivity contribution in [3.05, 3.63) is 0 Å². The van der Waals surface area contributed by atoms with Gasteiger partial charge in [0.25, 0.3) is 0 Å². The summed E-state index contributed by atoms with van der Waals surface area (Å²) in [5, 5.41) is 0. The van der Waals surface area contributed by atoms with Crippen LogP contribution < -0.4 is 0 Å². The van der Waals surface area contributed by atoms with E-state index in [0.717, 1.165) is 0 Å². The standard InChI is InChI=1S/Cl3P.H2S/c1-4(2)3;/h;1H2. The van der Waals surface area contributed by atoms with Crippen LogP contribution in [0.15, 0.2) is 0 Å². The van der Waals surface area contributed by atoms with Crippen molar-refractivity contribution in [3.8, 4) is 0 Å². The van der Waals surface area contributed by atoms with E-state index in [1.54, 1.807) is 0 Å². The van der Waals surface area contributed by atoms with Crippen LogP contribution in [0.1, 0.15) is 0 Å². The van der Waals surface area contributed by atoms with Gasteiger partial charge in [0.05, 0.1) is 0 Å². The van der Waals surface area contributed by atoms with E-state index in [4.69, 9.17) is 33.7 Å². The summed E-state index contributed by atoms with van der Waals surface area (Å²) < 4.78 is 0. The second-order valence-corrected chi connectivity index (χ2v) is 5.17. The molecular formula is H2Cl3PS.